The molecule has 0 rings (SSSR count). The quantitative estimate of drug-likeness (QED) is 0.0261. The van der Waals surface area contributed by atoms with E-state index < -0.39 is 6.10 Å². The molecule has 0 aromatic rings. The number of carbonyl (C=O) groups is 3. The number of allylic oxidation sites excluding steroid dienone is 22. The Morgan fingerprint density at radius 2 is 0.470 bits per heavy atom. The van der Waals surface area contributed by atoms with E-state index in [4.69, 9.17) is 14.2 Å². The molecule has 6 heteroatoms. The predicted octanol–water partition coefficient (Wildman–Crippen LogP) is 24.1. The first kappa shape index (κ1) is 78.5. The zero-order chi connectivity index (χ0) is 59.9. The fourth-order valence-electron chi connectivity index (χ4n) is 9.49. The van der Waals surface area contributed by atoms with Gasteiger partial charge in [-0.25, -0.2) is 0 Å². The largest absolute Gasteiger partial charge is 0.462 e. The van der Waals surface area contributed by atoms with E-state index in [2.05, 4.69) is 154 Å². The molecule has 0 fully saturated rings. The molecule has 0 saturated carbocycles. The van der Waals surface area contributed by atoms with E-state index in [1.54, 1.807) is 0 Å². The molecule has 1 unspecified atom stereocenters. The van der Waals surface area contributed by atoms with Crippen molar-refractivity contribution in [2.45, 2.75) is 322 Å². The second kappa shape index (κ2) is 70.0. The van der Waals surface area contributed by atoms with Crippen LogP contribution in [0.5, 0.6) is 0 Å². The first-order chi connectivity index (χ1) is 41.0. The summed E-state index contributed by atoms with van der Waals surface area (Å²) in [4.78, 5) is 38.5. The second-order valence-corrected chi connectivity index (χ2v) is 22.7. The summed E-state index contributed by atoms with van der Waals surface area (Å²) in [6.45, 7) is 6.40. The number of hydrogen-bond donors (Lipinski definition) is 0. The highest BCUT2D eigenvalue weighted by Crippen LogP contribution is 2.16. The Morgan fingerprint density at radius 3 is 0.735 bits per heavy atom. The molecular formula is C77H128O6. The lowest BCUT2D eigenvalue weighted by molar-refractivity contribution is -0.167. The molecule has 0 aliphatic heterocycles. The summed E-state index contributed by atoms with van der Waals surface area (Å²) >= 11 is 0. The fourth-order valence-corrected chi connectivity index (χ4v) is 9.49. The van der Waals surface area contributed by atoms with Gasteiger partial charge in [0, 0.05) is 19.3 Å². The lowest BCUT2D eigenvalue weighted by Crippen LogP contribution is -2.30. The molecule has 472 valence electrons. The number of carbonyl (C=O) groups excluding carboxylic acids is 3. The maximum absolute atomic E-state index is 13.0. The van der Waals surface area contributed by atoms with Gasteiger partial charge in [0.2, 0.25) is 0 Å². The smallest absolute Gasteiger partial charge is 0.306 e. The van der Waals surface area contributed by atoms with Gasteiger partial charge in [0.15, 0.2) is 6.10 Å². The lowest BCUT2D eigenvalue weighted by atomic mass is 10.1. The van der Waals surface area contributed by atoms with Crippen LogP contribution in [0.15, 0.2) is 134 Å². The fraction of sp³-hybridized carbons (Fsp3) is 0.675. The molecular weight excluding hydrogens is 1020 g/mol. The Balaban J connectivity index is 4.36. The Bertz CT molecular complexity index is 1750. The average molecular weight is 1150 g/mol. The molecule has 0 aromatic carbocycles. The molecule has 0 aliphatic rings. The summed E-state index contributed by atoms with van der Waals surface area (Å²) < 4.78 is 17.0. The zero-order valence-corrected chi connectivity index (χ0v) is 54.2. The minimum atomic E-state index is -0.793. The maximum Gasteiger partial charge on any atom is 0.306 e. The molecule has 0 spiro atoms. The van der Waals surface area contributed by atoms with Crippen molar-refractivity contribution in [2.24, 2.45) is 0 Å². The van der Waals surface area contributed by atoms with Gasteiger partial charge in [0.25, 0.3) is 0 Å². The zero-order valence-electron chi connectivity index (χ0n) is 54.2. The number of esters is 3. The van der Waals surface area contributed by atoms with E-state index in [1.165, 1.54) is 148 Å². The van der Waals surface area contributed by atoms with Gasteiger partial charge in [-0.05, 0) is 135 Å². The van der Waals surface area contributed by atoms with Gasteiger partial charge in [0.05, 0.1) is 0 Å². The van der Waals surface area contributed by atoms with Gasteiger partial charge in [0.1, 0.15) is 13.2 Å². The second-order valence-electron chi connectivity index (χ2n) is 22.7. The van der Waals surface area contributed by atoms with Crippen molar-refractivity contribution < 1.29 is 28.6 Å². The molecule has 83 heavy (non-hydrogen) atoms. The van der Waals surface area contributed by atoms with Crippen LogP contribution in [0.3, 0.4) is 0 Å². The molecule has 0 saturated heterocycles. The Morgan fingerprint density at radius 1 is 0.253 bits per heavy atom. The van der Waals surface area contributed by atoms with Crippen molar-refractivity contribution in [3.63, 3.8) is 0 Å². The summed E-state index contributed by atoms with van der Waals surface area (Å²) in [5.41, 5.74) is 0. The monoisotopic (exact) mass is 1150 g/mol. The third kappa shape index (κ3) is 68.2. The van der Waals surface area contributed by atoms with Crippen LogP contribution in [-0.4, -0.2) is 37.2 Å². The Kier molecular flexibility index (Phi) is 66.3. The number of hydrogen-bond acceptors (Lipinski definition) is 6. The van der Waals surface area contributed by atoms with E-state index in [9.17, 15) is 14.4 Å². The third-order valence-corrected chi connectivity index (χ3v) is 14.6. The summed E-state index contributed by atoms with van der Waals surface area (Å²) in [7, 11) is 0. The van der Waals surface area contributed by atoms with Gasteiger partial charge < -0.3 is 14.2 Å². The van der Waals surface area contributed by atoms with Gasteiger partial charge in [-0.1, -0.05) is 296 Å². The van der Waals surface area contributed by atoms with E-state index in [1.807, 2.05) is 0 Å². The van der Waals surface area contributed by atoms with E-state index in [-0.39, 0.29) is 31.1 Å². The van der Waals surface area contributed by atoms with Crippen LogP contribution in [0.1, 0.15) is 316 Å². The topological polar surface area (TPSA) is 78.9 Å². The van der Waals surface area contributed by atoms with E-state index in [0.29, 0.717) is 19.3 Å². The van der Waals surface area contributed by atoms with Crippen LogP contribution < -0.4 is 0 Å². The Labute approximate surface area is 513 Å². The van der Waals surface area contributed by atoms with Gasteiger partial charge in [-0.2, -0.15) is 0 Å². The van der Waals surface area contributed by atoms with Crippen molar-refractivity contribution in [2.75, 3.05) is 13.2 Å². The number of unbranched alkanes of at least 4 members (excludes halogenated alkanes) is 29. The van der Waals surface area contributed by atoms with Crippen LogP contribution >= 0.6 is 0 Å². The minimum Gasteiger partial charge on any atom is -0.462 e. The maximum atomic E-state index is 13.0. The van der Waals surface area contributed by atoms with Crippen molar-refractivity contribution >= 4 is 17.9 Å². The van der Waals surface area contributed by atoms with Crippen molar-refractivity contribution in [3.05, 3.63) is 134 Å². The number of rotatable bonds is 62. The molecule has 6 nitrogen and oxygen atoms in total. The highest BCUT2D eigenvalue weighted by molar-refractivity contribution is 5.71. The Hall–Kier alpha value is -4.45. The van der Waals surface area contributed by atoms with Gasteiger partial charge in [-0.15, -0.1) is 0 Å². The molecule has 0 N–H and O–H groups in total. The molecule has 0 radical (unpaired) electrons. The SMILES string of the molecule is CC/C=C\C/C=C\C/C=C\C/C=C\C/C=C\C/C=C\CCCCCCCCCCCCC(=O)OCC(COC(=O)CCCCCCCCC/C=C\C/C=C\C/C=C\CC)OC(=O)CCCCCCCCCCC/C=C\C/C=C\CCCCC. The van der Waals surface area contributed by atoms with Crippen LogP contribution in [-0.2, 0) is 28.6 Å². The number of ether oxygens (including phenoxy) is 3. The molecule has 0 aliphatic carbocycles. The molecule has 0 bridgehead atoms. The minimum absolute atomic E-state index is 0.0875. The first-order valence-corrected chi connectivity index (χ1v) is 34.7. The summed E-state index contributed by atoms with van der Waals surface area (Å²) in [5, 5.41) is 0. The van der Waals surface area contributed by atoms with Gasteiger partial charge in [-0.3, -0.25) is 14.4 Å². The molecule has 0 heterocycles. The van der Waals surface area contributed by atoms with Crippen LogP contribution in [0.25, 0.3) is 0 Å². The summed E-state index contributed by atoms with van der Waals surface area (Å²) in [6.07, 6.45) is 98.9. The van der Waals surface area contributed by atoms with Crippen molar-refractivity contribution in [1.29, 1.82) is 0 Å². The average Bonchev–Trinajstić information content (AvgIpc) is 3.49. The van der Waals surface area contributed by atoms with Crippen LogP contribution in [0.4, 0.5) is 0 Å². The summed E-state index contributed by atoms with van der Waals surface area (Å²) in [6, 6.07) is 0. The highest BCUT2D eigenvalue weighted by Gasteiger charge is 2.19. The molecule has 1 atom stereocenters. The summed E-state index contributed by atoms with van der Waals surface area (Å²) in [5.74, 6) is -0.897. The van der Waals surface area contributed by atoms with E-state index in [0.717, 1.165) is 128 Å². The van der Waals surface area contributed by atoms with Crippen molar-refractivity contribution in [1.82, 2.24) is 0 Å². The van der Waals surface area contributed by atoms with Crippen LogP contribution in [0.2, 0.25) is 0 Å². The molecule has 0 amide bonds. The lowest BCUT2D eigenvalue weighted by Gasteiger charge is -2.18. The normalized spacial score (nSPS) is 13.0. The highest BCUT2D eigenvalue weighted by atomic mass is 16.6. The standard InChI is InChI=1S/C77H128O6/c1-4-7-10-13-16-19-22-25-28-31-33-34-35-36-37-38-39-40-41-42-44-46-49-52-55-58-61-64-67-70-76(79)82-73-74(72-81-75(78)69-66-63-60-57-54-51-48-45-30-27-24-21-18-15-12-9-6-3)83-77(80)71-68-65-62-59-56-53-50-47-43-32-29-26-23-20-17-14-11-8-5-2/h7,9-10,12,16-21,25-30,33-34,36-37,39-40,74H,4-6,8,11,13-15,22-24,31-32,35,38,41-73H2,1-3H3/b10-7-,12-9-,19-16-,20-17-,21-18-,28-25-,29-26-,30-27-,34-33-,37-36-,40-39-. The third-order valence-electron chi connectivity index (χ3n) is 14.6. The van der Waals surface area contributed by atoms with Gasteiger partial charge >= 0.3 is 17.9 Å². The van der Waals surface area contributed by atoms with Crippen molar-refractivity contribution in [3.8, 4) is 0 Å². The first-order valence-electron chi connectivity index (χ1n) is 34.7. The predicted molar refractivity (Wildman–Crippen MR) is 362 cm³/mol. The molecule has 0 aromatic heterocycles. The van der Waals surface area contributed by atoms with Crippen LogP contribution in [0, 0.1) is 0 Å². The van der Waals surface area contributed by atoms with E-state index >= 15 is 0 Å².